The largest absolute Gasteiger partial charge is 0.433 e. The van der Waals surface area contributed by atoms with Crippen LogP contribution in [0.2, 0.25) is 0 Å². The summed E-state index contributed by atoms with van der Waals surface area (Å²) in [4.78, 5) is 20.6. The van der Waals surface area contributed by atoms with E-state index in [1.54, 1.807) is 0 Å². The molecular formula is C26H29F3N4O3S. The van der Waals surface area contributed by atoms with Crippen LogP contribution in [0.15, 0.2) is 48.7 Å². The summed E-state index contributed by atoms with van der Waals surface area (Å²) < 4.78 is 64.9. The zero-order valence-corrected chi connectivity index (χ0v) is 21.8. The molecule has 3 aromatic rings. The molecule has 0 aliphatic carbocycles. The lowest BCUT2D eigenvalue weighted by Crippen LogP contribution is -2.34. The Kier molecular flexibility index (Phi) is 7.97. The average Bonchev–Trinajstić information content (AvgIpc) is 2.76. The van der Waals surface area contributed by atoms with Crippen molar-refractivity contribution in [1.29, 1.82) is 0 Å². The fraction of sp³-hybridized carbons (Fsp3) is 0.346. The molecular weight excluding hydrogens is 505 g/mol. The Balaban J connectivity index is 1.86. The molecule has 37 heavy (non-hydrogen) atoms. The smallest absolute Gasteiger partial charge is 0.384 e. The van der Waals surface area contributed by atoms with Gasteiger partial charge in [0.05, 0.1) is 5.75 Å². The number of halogens is 3. The third-order valence-corrected chi connectivity index (χ3v) is 7.17. The molecule has 2 heterocycles. The van der Waals surface area contributed by atoms with Crippen molar-refractivity contribution >= 4 is 21.6 Å². The van der Waals surface area contributed by atoms with E-state index in [1.807, 2.05) is 38.1 Å². The number of benzene rings is 1. The number of aryl methyl sites for hydroxylation is 2. The first kappa shape index (κ1) is 28.1. The molecule has 0 saturated heterocycles. The van der Waals surface area contributed by atoms with E-state index in [1.165, 1.54) is 37.6 Å². The zero-order valence-electron chi connectivity index (χ0n) is 21.0. The van der Waals surface area contributed by atoms with Gasteiger partial charge >= 0.3 is 6.18 Å². The van der Waals surface area contributed by atoms with Gasteiger partial charge in [-0.3, -0.25) is 9.78 Å². The van der Waals surface area contributed by atoms with Crippen LogP contribution < -0.4 is 11.1 Å². The molecule has 7 nitrogen and oxygen atoms in total. The second kappa shape index (κ2) is 10.5. The molecule has 3 rings (SSSR count). The second-order valence-electron chi connectivity index (χ2n) is 9.58. The number of pyridine rings is 2. The first-order valence-corrected chi connectivity index (χ1v) is 13.4. The minimum atomic E-state index is -4.73. The van der Waals surface area contributed by atoms with Crippen LogP contribution >= 0.6 is 0 Å². The summed E-state index contributed by atoms with van der Waals surface area (Å²) in [5, 5.41) is 2.51. The Morgan fingerprint density at radius 3 is 2.43 bits per heavy atom. The van der Waals surface area contributed by atoms with Crippen LogP contribution in [-0.2, 0) is 34.4 Å². The van der Waals surface area contributed by atoms with Gasteiger partial charge in [0.15, 0.2) is 5.69 Å². The minimum Gasteiger partial charge on any atom is -0.384 e. The summed E-state index contributed by atoms with van der Waals surface area (Å²) in [5.41, 5.74) is 6.05. The lowest BCUT2D eigenvalue weighted by Gasteiger charge is -2.29. The molecule has 0 aliphatic rings. The summed E-state index contributed by atoms with van der Waals surface area (Å²) in [7, 11) is -3.37. The number of nitrogen functional groups attached to an aromatic ring is 1. The number of sulfone groups is 1. The fourth-order valence-corrected chi connectivity index (χ4v) is 5.83. The van der Waals surface area contributed by atoms with Gasteiger partial charge in [0, 0.05) is 47.7 Å². The van der Waals surface area contributed by atoms with E-state index in [4.69, 9.17) is 5.73 Å². The molecule has 11 heteroatoms. The fourth-order valence-electron chi connectivity index (χ4n) is 4.40. The molecule has 1 atom stereocenters. The number of carbonyl (C=O) groups excluding carboxylic acids is 1. The van der Waals surface area contributed by atoms with Crippen molar-refractivity contribution in [3.05, 3.63) is 87.9 Å². The quantitative estimate of drug-likeness (QED) is 0.448. The van der Waals surface area contributed by atoms with E-state index < -0.39 is 39.6 Å². The molecule has 0 spiro atoms. The van der Waals surface area contributed by atoms with E-state index in [9.17, 15) is 26.4 Å². The molecule has 1 unspecified atom stereocenters. The molecule has 3 N–H and O–H groups in total. The lowest BCUT2D eigenvalue weighted by atomic mass is 9.79. The molecule has 198 valence electrons. The standard InChI is InChI=1S/C26H29F3N4O3S/c1-16-6-5-7-19(10-16)25(3,15-37(4,35)36)13-20-12-18(8-9-31-20)24(34)32-14-21-17(2)11-22(30)33-23(21)26(27,28)29/h5-12H,13-15H2,1-4H3,(H2,30,33)(H,32,34). The molecule has 0 fully saturated rings. The van der Waals surface area contributed by atoms with Crippen molar-refractivity contribution in [3.8, 4) is 0 Å². The van der Waals surface area contributed by atoms with E-state index in [-0.39, 0.29) is 34.7 Å². The molecule has 1 amide bonds. The average molecular weight is 535 g/mol. The molecule has 1 aromatic carbocycles. The number of nitrogens with zero attached hydrogens (tertiary/aromatic N) is 2. The number of aromatic nitrogens is 2. The van der Waals surface area contributed by atoms with E-state index >= 15 is 0 Å². The summed E-state index contributed by atoms with van der Waals surface area (Å²) in [6.45, 7) is 4.80. The minimum absolute atomic E-state index is 0.134. The highest BCUT2D eigenvalue weighted by atomic mass is 32.2. The van der Waals surface area contributed by atoms with Crippen molar-refractivity contribution in [2.24, 2.45) is 0 Å². The summed E-state index contributed by atoms with van der Waals surface area (Å²) in [6, 6.07) is 11.8. The third-order valence-electron chi connectivity index (χ3n) is 6.01. The topological polar surface area (TPSA) is 115 Å². The zero-order chi connectivity index (χ0) is 27.6. The second-order valence-corrected chi connectivity index (χ2v) is 11.7. The van der Waals surface area contributed by atoms with E-state index in [2.05, 4.69) is 15.3 Å². The summed E-state index contributed by atoms with van der Waals surface area (Å²) in [6.07, 6.45) is -1.92. The number of hydrogen-bond donors (Lipinski definition) is 2. The van der Waals surface area contributed by atoms with Crippen LogP contribution in [0.25, 0.3) is 0 Å². The van der Waals surface area contributed by atoms with Gasteiger partial charge in [-0.15, -0.1) is 0 Å². The number of rotatable bonds is 8. The molecule has 0 bridgehead atoms. The predicted octanol–water partition coefficient (Wildman–Crippen LogP) is 4.17. The van der Waals surface area contributed by atoms with Crippen molar-refractivity contribution < 1.29 is 26.4 Å². The van der Waals surface area contributed by atoms with Gasteiger partial charge < -0.3 is 11.1 Å². The van der Waals surface area contributed by atoms with Crippen molar-refractivity contribution in [2.45, 2.75) is 45.3 Å². The number of nitrogens with two attached hydrogens (primary N) is 1. The van der Waals surface area contributed by atoms with Gasteiger partial charge in [-0.1, -0.05) is 36.8 Å². The predicted molar refractivity (Wildman–Crippen MR) is 136 cm³/mol. The van der Waals surface area contributed by atoms with Crippen LogP contribution in [0.5, 0.6) is 0 Å². The Labute approximate surface area is 214 Å². The van der Waals surface area contributed by atoms with Crippen molar-refractivity contribution in [2.75, 3.05) is 17.7 Å². The molecule has 0 radical (unpaired) electrons. The number of anilines is 1. The van der Waals surface area contributed by atoms with Crippen molar-refractivity contribution in [1.82, 2.24) is 15.3 Å². The third kappa shape index (κ3) is 7.28. The monoisotopic (exact) mass is 534 g/mol. The molecule has 0 saturated carbocycles. The van der Waals surface area contributed by atoms with Gasteiger partial charge in [-0.25, -0.2) is 13.4 Å². The van der Waals surface area contributed by atoms with Gasteiger partial charge in [-0.05, 0) is 43.2 Å². The van der Waals surface area contributed by atoms with Crippen LogP contribution in [0.3, 0.4) is 0 Å². The highest BCUT2D eigenvalue weighted by molar-refractivity contribution is 7.90. The van der Waals surface area contributed by atoms with Crippen LogP contribution in [-0.4, -0.2) is 36.3 Å². The highest BCUT2D eigenvalue weighted by Gasteiger charge is 2.36. The SMILES string of the molecule is Cc1cccc(C(C)(Cc2cc(C(=O)NCc3c(C)cc(N)nc3C(F)(F)F)ccn2)CS(C)(=O)=O)c1. The van der Waals surface area contributed by atoms with Gasteiger partial charge in [0.2, 0.25) is 0 Å². The number of nitrogens with one attached hydrogen (secondary N) is 1. The van der Waals surface area contributed by atoms with Gasteiger partial charge in [-0.2, -0.15) is 13.2 Å². The van der Waals surface area contributed by atoms with Crippen LogP contribution in [0.4, 0.5) is 19.0 Å². The molecule has 2 aromatic heterocycles. The highest BCUT2D eigenvalue weighted by Crippen LogP contribution is 2.33. The van der Waals surface area contributed by atoms with E-state index in [0.717, 1.165) is 11.1 Å². The summed E-state index contributed by atoms with van der Waals surface area (Å²) in [5.74, 6) is -0.997. The maximum Gasteiger partial charge on any atom is 0.433 e. The maximum absolute atomic E-state index is 13.5. The molecule has 0 aliphatic heterocycles. The van der Waals surface area contributed by atoms with Crippen molar-refractivity contribution in [3.63, 3.8) is 0 Å². The lowest BCUT2D eigenvalue weighted by molar-refractivity contribution is -0.141. The normalized spacial score (nSPS) is 13.7. The van der Waals surface area contributed by atoms with Crippen LogP contribution in [0.1, 0.15) is 50.9 Å². The van der Waals surface area contributed by atoms with E-state index in [0.29, 0.717) is 5.69 Å². The Hall–Kier alpha value is -3.47. The first-order chi connectivity index (χ1) is 17.1. The maximum atomic E-state index is 13.5. The number of alkyl halides is 3. The van der Waals surface area contributed by atoms with Crippen LogP contribution in [0, 0.1) is 13.8 Å². The Bertz CT molecular complexity index is 1420. The first-order valence-electron chi connectivity index (χ1n) is 11.4. The number of carbonyl (C=O) groups is 1. The number of amides is 1. The summed E-state index contributed by atoms with van der Waals surface area (Å²) >= 11 is 0. The Morgan fingerprint density at radius 1 is 1.11 bits per heavy atom. The number of hydrogen-bond acceptors (Lipinski definition) is 6. The Morgan fingerprint density at radius 2 is 1.81 bits per heavy atom. The van der Waals surface area contributed by atoms with Gasteiger partial charge in [0.25, 0.3) is 5.91 Å². The van der Waals surface area contributed by atoms with Gasteiger partial charge in [0.1, 0.15) is 15.7 Å².